The van der Waals surface area contributed by atoms with Crippen molar-refractivity contribution in [2.45, 2.75) is 97.5 Å². The predicted molar refractivity (Wildman–Crippen MR) is 136 cm³/mol. The predicted octanol–water partition coefficient (Wildman–Crippen LogP) is 8.38. The fraction of sp³-hybridized carbons (Fsp3) is 0.552. The van der Waals surface area contributed by atoms with Crippen LogP contribution in [0.2, 0.25) is 0 Å². The van der Waals surface area contributed by atoms with Crippen LogP contribution in [0.3, 0.4) is 0 Å². The second-order valence-electron chi connectivity index (χ2n) is 8.78. The van der Waals surface area contributed by atoms with E-state index in [0.29, 0.717) is 11.3 Å². The van der Waals surface area contributed by atoms with Crippen LogP contribution in [0.4, 0.5) is 0 Å². The topological polar surface area (TPSA) is 44.8 Å². The van der Waals surface area contributed by atoms with Gasteiger partial charge in [-0.3, -0.25) is 0 Å². The Bertz CT molecular complexity index is 767. The summed E-state index contributed by atoms with van der Waals surface area (Å²) in [5.74, 6) is 1.70. The standard InChI is InChI=1S/C29H42O4/c1-4-6-8-9-10-11-12-13-23-31-26-19-21-28(22-20-26)33-29(30)25-15-17-27(18-16-25)32-24(3)14-7-5-2/h15-22,24H,4-14,23H2,1-3H3. The molecule has 0 aliphatic heterocycles. The lowest BCUT2D eigenvalue weighted by Crippen LogP contribution is -2.12. The van der Waals surface area contributed by atoms with Gasteiger partial charge in [-0.25, -0.2) is 4.79 Å². The molecule has 2 aromatic rings. The SMILES string of the molecule is CCCCCCCCCCOc1ccc(OC(=O)c2ccc(OC(C)CCCC)cc2)cc1. The molecule has 4 heteroatoms. The first kappa shape index (κ1) is 26.8. The molecule has 2 aromatic carbocycles. The summed E-state index contributed by atoms with van der Waals surface area (Å²) in [6.45, 7) is 7.21. The monoisotopic (exact) mass is 454 g/mol. The molecule has 0 saturated heterocycles. The Morgan fingerprint density at radius 1 is 0.697 bits per heavy atom. The van der Waals surface area contributed by atoms with Gasteiger partial charge < -0.3 is 14.2 Å². The van der Waals surface area contributed by atoms with Gasteiger partial charge in [0.25, 0.3) is 0 Å². The molecule has 0 saturated carbocycles. The van der Waals surface area contributed by atoms with Crippen LogP contribution < -0.4 is 14.2 Å². The van der Waals surface area contributed by atoms with Crippen molar-refractivity contribution in [2.24, 2.45) is 0 Å². The van der Waals surface area contributed by atoms with Gasteiger partial charge in [0.2, 0.25) is 0 Å². The fourth-order valence-corrected chi connectivity index (χ4v) is 3.65. The Morgan fingerprint density at radius 2 is 1.24 bits per heavy atom. The quantitative estimate of drug-likeness (QED) is 0.137. The third kappa shape index (κ3) is 11.3. The summed E-state index contributed by atoms with van der Waals surface area (Å²) in [6, 6.07) is 14.4. The van der Waals surface area contributed by atoms with Gasteiger partial charge in [0.05, 0.1) is 18.3 Å². The number of hydrogen-bond acceptors (Lipinski definition) is 4. The summed E-state index contributed by atoms with van der Waals surface area (Å²) >= 11 is 0. The fourth-order valence-electron chi connectivity index (χ4n) is 3.65. The summed E-state index contributed by atoms with van der Waals surface area (Å²) < 4.78 is 17.2. The Morgan fingerprint density at radius 3 is 1.88 bits per heavy atom. The molecule has 1 atom stereocenters. The molecule has 0 fully saturated rings. The Kier molecular flexibility index (Phi) is 13.1. The summed E-state index contributed by atoms with van der Waals surface area (Å²) in [5.41, 5.74) is 0.499. The van der Waals surface area contributed by atoms with E-state index < -0.39 is 0 Å². The highest BCUT2D eigenvalue weighted by Crippen LogP contribution is 2.21. The van der Waals surface area contributed by atoms with Gasteiger partial charge in [-0.1, -0.05) is 71.6 Å². The minimum Gasteiger partial charge on any atom is -0.494 e. The van der Waals surface area contributed by atoms with Crippen LogP contribution in [-0.4, -0.2) is 18.7 Å². The highest BCUT2D eigenvalue weighted by atomic mass is 16.5. The van der Waals surface area contributed by atoms with Gasteiger partial charge in [0.15, 0.2) is 0 Å². The van der Waals surface area contributed by atoms with Crippen LogP contribution >= 0.6 is 0 Å². The van der Waals surface area contributed by atoms with E-state index >= 15 is 0 Å². The maximum atomic E-state index is 12.4. The van der Waals surface area contributed by atoms with E-state index in [2.05, 4.69) is 20.8 Å². The zero-order valence-electron chi connectivity index (χ0n) is 20.8. The minimum absolute atomic E-state index is 0.166. The minimum atomic E-state index is -0.381. The van der Waals surface area contributed by atoms with E-state index in [1.807, 2.05) is 24.3 Å². The summed E-state index contributed by atoms with van der Waals surface area (Å²) in [7, 11) is 0. The third-order valence-corrected chi connectivity index (χ3v) is 5.69. The molecule has 182 valence electrons. The highest BCUT2D eigenvalue weighted by Gasteiger charge is 2.10. The van der Waals surface area contributed by atoms with Crippen molar-refractivity contribution in [3.63, 3.8) is 0 Å². The van der Waals surface area contributed by atoms with Gasteiger partial charge in [-0.2, -0.15) is 0 Å². The second kappa shape index (κ2) is 16.2. The summed E-state index contributed by atoms with van der Waals surface area (Å²) in [6.07, 6.45) is 13.8. The molecule has 0 radical (unpaired) electrons. The van der Waals surface area contributed by atoms with Crippen molar-refractivity contribution in [3.05, 3.63) is 54.1 Å². The summed E-state index contributed by atoms with van der Waals surface area (Å²) in [4.78, 5) is 12.4. The molecular formula is C29H42O4. The molecule has 0 amide bonds. The third-order valence-electron chi connectivity index (χ3n) is 5.69. The van der Waals surface area contributed by atoms with Gasteiger partial charge in [0.1, 0.15) is 17.2 Å². The van der Waals surface area contributed by atoms with Gasteiger partial charge >= 0.3 is 5.97 Å². The van der Waals surface area contributed by atoms with Gasteiger partial charge in [-0.05, 0) is 68.3 Å². The number of unbranched alkanes of at least 4 members (excludes halogenated alkanes) is 8. The largest absolute Gasteiger partial charge is 0.494 e. The normalized spacial score (nSPS) is 11.7. The van der Waals surface area contributed by atoms with E-state index in [-0.39, 0.29) is 12.1 Å². The van der Waals surface area contributed by atoms with Crippen molar-refractivity contribution in [1.82, 2.24) is 0 Å². The number of ether oxygens (including phenoxy) is 3. The molecule has 0 aliphatic carbocycles. The van der Waals surface area contributed by atoms with Crippen LogP contribution in [0.15, 0.2) is 48.5 Å². The van der Waals surface area contributed by atoms with Crippen molar-refractivity contribution in [2.75, 3.05) is 6.61 Å². The average Bonchev–Trinajstić information content (AvgIpc) is 2.83. The Hall–Kier alpha value is -2.49. The molecule has 0 aliphatic rings. The van der Waals surface area contributed by atoms with Crippen LogP contribution in [0.5, 0.6) is 17.2 Å². The van der Waals surface area contributed by atoms with Crippen LogP contribution in [0.25, 0.3) is 0 Å². The van der Waals surface area contributed by atoms with Crippen molar-refractivity contribution in [3.8, 4) is 17.2 Å². The lowest BCUT2D eigenvalue weighted by molar-refractivity contribution is 0.0734. The molecule has 2 rings (SSSR count). The number of carbonyl (C=O) groups excluding carboxylic acids is 1. The Labute approximate surface area is 200 Å². The zero-order valence-corrected chi connectivity index (χ0v) is 20.8. The first-order chi connectivity index (χ1) is 16.1. The maximum Gasteiger partial charge on any atom is 0.343 e. The number of benzene rings is 2. The number of hydrogen-bond donors (Lipinski definition) is 0. The molecule has 0 heterocycles. The van der Waals surface area contributed by atoms with E-state index in [9.17, 15) is 4.79 Å². The van der Waals surface area contributed by atoms with Crippen LogP contribution in [0.1, 0.15) is 102 Å². The van der Waals surface area contributed by atoms with Crippen LogP contribution in [0, 0.1) is 0 Å². The highest BCUT2D eigenvalue weighted by molar-refractivity contribution is 5.91. The molecule has 33 heavy (non-hydrogen) atoms. The lowest BCUT2D eigenvalue weighted by Gasteiger charge is -2.14. The maximum absolute atomic E-state index is 12.4. The van der Waals surface area contributed by atoms with Crippen molar-refractivity contribution < 1.29 is 19.0 Å². The smallest absolute Gasteiger partial charge is 0.343 e. The van der Waals surface area contributed by atoms with Crippen molar-refractivity contribution in [1.29, 1.82) is 0 Å². The van der Waals surface area contributed by atoms with E-state index in [1.165, 1.54) is 44.9 Å². The van der Waals surface area contributed by atoms with E-state index in [4.69, 9.17) is 14.2 Å². The van der Waals surface area contributed by atoms with E-state index in [0.717, 1.165) is 43.8 Å². The lowest BCUT2D eigenvalue weighted by atomic mass is 10.1. The Balaban J connectivity index is 1.67. The first-order valence-electron chi connectivity index (χ1n) is 12.8. The number of esters is 1. The molecule has 0 spiro atoms. The van der Waals surface area contributed by atoms with Crippen LogP contribution in [-0.2, 0) is 0 Å². The second-order valence-corrected chi connectivity index (χ2v) is 8.78. The summed E-state index contributed by atoms with van der Waals surface area (Å²) in [5, 5.41) is 0. The molecule has 0 aromatic heterocycles. The molecular weight excluding hydrogens is 412 g/mol. The van der Waals surface area contributed by atoms with Gasteiger partial charge in [0, 0.05) is 0 Å². The molecule has 1 unspecified atom stereocenters. The van der Waals surface area contributed by atoms with Crippen molar-refractivity contribution >= 4 is 5.97 Å². The van der Waals surface area contributed by atoms with Gasteiger partial charge in [-0.15, -0.1) is 0 Å². The average molecular weight is 455 g/mol. The number of carbonyl (C=O) groups is 1. The first-order valence-corrected chi connectivity index (χ1v) is 12.8. The zero-order chi connectivity index (χ0) is 23.7. The van der Waals surface area contributed by atoms with E-state index in [1.54, 1.807) is 24.3 Å². The molecule has 4 nitrogen and oxygen atoms in total. The number of rotatable bonds is 17. The molecule has 0 N–H and O–H groups in total. The molecule has 0 bridgehead atoms.